The quantitative estimate of drug-likeness (QED) is 0.875. The molecule has 22 heavy (non-hydrogen) atoms. The second kappa shape index (κ2) is 6.99. The van der Waals surface area contributed by atoms with Crippen LogP contribution in [0.15, 0.2) is 48.7 Å². The highest BCUT2D eigenvalue weighted by molar-refractivity contribution is 6.03. The number of ether oxygens (including phenoxy) is 1. The molecule has 0 radical (unpaired) electrons. The van der Waals surface area contributed by atoms with Crippen molar-refractivity contribution in [1.29, 1.82) is 5.26 Å². The molecule has 6 heteroatoms. The second-order valence-corrected chi connectivity index (χ2v) is 4.38. The van der Waals surface area contributed by atoms with E-state index in [-0.39, 0.29) is 5.78 Å². The summed E-state index contributed by atoms with van der Waals surface area (Å²) >= 11 is 0. The highest BCUT2D eigenvalue weighted by atomic mass is 16.5. The number of nitrogens with one attached hydrogen (secondary N) is 1. The van der Waals surface area contributed by atoms with E-state index in [2.05, 4.69) is 15.0 Å². The Labute approximate surface area is 127 Å². The van der Waals surface area contributed by atoms with Crippen molar-refractivity contribution in [3.05, 3.63) is 59.9 Å². The van der Waals surface area contributed by atoms with Gasteiger partial charge in [0.15, 0.2) is 11.7 Å². The van der Waals surface area contributed by atoms with E-state index in [1.807, 2.05) is 6.07 Å². The molecule has 110 valence electrons. The van der Waals surface area contributed by atoms with Gasteiger partial charge in [0, 0.05) is 17.4 Å². The van der Waals surface area contributed by atoms with Crippen molar-refractivity contribution >= 4 is 17.6 Å². The Kier molecular flexibility index (Phi) is 4.83. The third kappa shape index (κ3) is 3.46. The van der Waals surface area contributed by atoms with Crippen LogP contribution in [0.25, 0.3) is 0 Å². The lowest BCUT2D eigenvalue weighted by Crippen LogP contribution is -2.14. The first-order valence-electron chi connectivity index (χ1n) is 6.45. The van der Waals surface area contributed by atoms with Gasteiger partial charge in [-0.05, 0) is 24.3 Å². The minimum atomic E-state index is -0.991. The number of carbonyl (C=O) groups excluding carboxylic acids is 2. The molecule has 0 fully saturated rings. The molecule has 1 heterocycles. The number of nitriles is 1. The largest absolute Gasteiger partial charge is 0.453 e. The predicted octanol–water partition coefficient (Wildman–Crippen LogP) is 2.75. The number of aromatic nitrogens is 1. The zero-order valence-corrected chi connectivity index (χ0v) is 11.8. The fourth-order valence-corrected chi connectivity index (χ4v) is 1.89. The summed E-state index contributed by atoms with van der Waals surface area (Å²) in [6.45, 7) is 0. The van der Waals surface area contributed by atoms with Gasteiger partial charge in [0.25, 0.3) is 0 Å². The number of carbonyl (C=O) groups is 2. The van der Waals surface area contributed by atoms with Crippen molar-refractivity contribution in [3.8, 4) is 6.07 Å². The Morgan fingerprint density at radius 3 is 2.73 bits per heavy atom. The normalized spacial score (nSPS) is 11.1. The molecule has 0 aliphatic rings. The summed E-state index contributed by atoms with van der Waals surface area (Å²) in [5.74, 6) is -1.37. The lowest BCUT2D eigenvalue weighted by molar-refractivity contribution is 0.0977. The maximum atomic E-state index is 12.5. The molecule has 6 nitrogen and oxygen atoms in total. The molecule has 0 saturated carbocycles. The molecule has 2 aromatic rings. The molecular formula is C16H13N3O3. The van der Waals surface area contributed by atoms with Crippen LogP contribution in [0.2, 0.25) is 0 Å². The number of Topliss-reactive ketones (excluding diaryl/α,β-unsaturated/α-hetero) is 1. The summed E-state index contributed by atoms with van der Waals surface area (Å²) in [6, 6.07) is 13.3. The fraction of sp³-hybridized carbons (Fsp3) is 0.125. The Balaban J connectivity index is 2.27. The number of anilines is 1. The Hall–Kier alpha value is -3.20. The zero-order valence-electron chi connectivity index (χ0n) is 11.8. The van der Waals surface area contributed by atoms with Crippen LogP contribution in [0.1, 0.15) is 22.0 Å². The smallest absolute Gasteiger partial charge is 0.411 e. The molecule has 0 unspecified atom stereocenters. The number of benzene rings is 1. The number of hydrogen-bond donors (Lipinski definition) is 1. The fourth-order valence-electron chi connectivity index (χ4n) is 1.89. The molecule has 0 saturated heterocycles. The third-order valence-corrected chi connectivity index (χ3v) is 2.95. The van der Waals surface area contributed by atoms with Crippen molar-refractivity contribution in [2.75, 3.05) is 12.4 Å². The standard InChI is InChI=1S/C16H13N3O3/c1-22-16(21)19-12-6-4-5-11(9-12)15(20)13(10-17)14-7-2-3-8-18-14/h2-9,13H,1H3,(H,19,21)/t13-/m0/s1. The first-order valence-corrected chi connectivity index (χ1v) is 6.45. The summed E-state index contributed by atoms with van der Waals surface area (Å²) in [6.07, 6.45) is 0.897. The summed E-state index contributed by atoms with van der Waals surface area (Å²) in [4.78, 5) is 27.7. The molecule has 2 rings (SSSR count). The minimum Gasteiger partial charge on any atom is -0.453 e. The number of ketones is 1. The summed E-state index contributed by atoms with van der Waals surface area (Å²) in [7, 11) is 1.25. The van der Waals surface area contributed by atoms with E-state index in [4.69, 9.17) is 0 Å². The van der Waals surface area contributed by atoms with Gasteiger partial charge in [-0.1, -0.05) is 18.2 Å². The topological polar surface area (TPSA) is 92.1 Å². The minimum absolute atomic E-state index is 0.311. The van der Waals surface area contributed by atoms with Crippen molar-refractivity contribution in [1.82, 2.24) is 4.98 Å². The van der Waals surface area contributed by atoms with E-state index >= 15 is 0 Å². The number of pyridine rings is 1. The van der Waals surface area contributed by atoms with Crippen molar-refractivity contribution in [3.63, 3.8) is 0 Å². The molecule has 1 amide bonds. The zero-order chi connectivity index (χ0) is 15.9. The van der Waals surface area contributed by atoms with Crippen LogP contribution in [0, 0.1) is 11.3 Å². The van der Waals surface area contributed by atoms with Gasteiger partial charge >= 0.3 is 6.09 Å². The van der Waals surface area contributed by atoms with Crippen molar-refractivity contribution in [2.24, 2.45) is 0 Å². The molecule has 0 bridgehead atoms. The van der Waals surface area contributed by atoms with E-state index in [1.54, 1.807) is 36.4 Å². The molecule has 1 aromatic carbocycles. The summed E-state index contributed by atoms with van der Waals surface area (Å²) < 4.78 is 4.50. The van der Waals surface area contributed by atoms with Gasteiger partial charge in [0.1, 0.15) is 0 Å². The van der Waals surface area contributed by atoms with Gasteiger partial charge in [-0.15, -0.1) is 0 Å². The Morgan fingerprint density at radius 1 is 1.27 bits per heavy atom. The third-order valence-electron chi connectivity index (χ3n) is 2.95. The van der Waals surface area contributed by atoms with Crippen LogP contribution in [-0.2, 0) is 4.74 Å². The van der Waals surface area contributed by atoms with Crippen molar-refractivity contribution in [2.45, 2.75) is 5.92 Å². The monoisotopic (exact) mass is 295 g/mol. The van der Waals surface area contributed by atoms with Gasteiger partial charge in [-0.25, -0.2) is 4.79 Å². The van der Waals surface area contributed by atoms with Crippen molar-refractivity contribution < 1.29 is 14.3 Å². The highest BCUT2D eigenvalue weighted by Gasteiger charge is 2.23. The van der Waals surface area contributed by atoms with E-state index in [9.17, 15) is 14.9 Å². The van der Waals surface area contributed by atoms with E-state index in [0.717, 1.165) is 0 Å². The van der Waals surface area contributed by atoms with Gasteiger partial charge < -0.3 is 4.74 Å². The average Bonchev–Trinajstić information content (AvgIpc) is 2.56. The number of rotatable bonds is 4. The molecular weight excluding hydrogens is 282 g/mol. The van der Waals surface area contributed by atoms with Crippen LogP contribution in [-0.4, -0.2) is 24.0 Å². The van der Waals surface area contributed by atoms with Crippen LogP contribution in [0.5, 0.6) is 0 Å². The number of amides is 1. The Morgan fingerprint density at radius 2 is 2.09 bits per heavy atom. The first-order chi connectivity index (χ1) is 10.7. The summed E-state index contributed by atoms with van der Waals surface area (Å²) in [5.41, 5.74) is 1.11. The van der Waals surface area contributed by atoms with Gasteiger partial charge in [-0.2, -0.15) is 5.26 Å². The van der Waals surface area contributed by atoms with E-state index in [0.29, 0.717) is 16.9 Å². The maximum absolute atomic E-state index is 12.5. The van der Waals surface area contributed by atoms with Gasteiger partial charge in [0.2, 0.25) is 0 Å². The lowest BCUT2D eigenvalue weighted by Gasteiger charge is -2.09. The predicted molar refractivity (Wildman–Crippen MR) is 79.4 cm³/mol. The van der Waals surface area contributed by atoms with Gasteiger partial charge in [-0.3, -0.25) is 15.1 Å². The first kappa shape index (κ1) is 15.2. The lowest BCUT2D eigenvalue weighted by atomic mass is 9.95. The van der Waals surface area contributed by atoms with E-state index < -0.39 is 12.0 Å². The molecule has 0 spiro atoms. The maximum Gasteiger partial charge on any atom is 0.411 e. The van der Waals surface area contributed by atoms with Crippen LogP contribution in [0.3, 0.4) is 0 Å². The highest BCUT2D eigenvalue weighted by Crippen LogP contribution is 2.20. The molecule has 0 aliphatic heterocycles. The Bertz CT molecular complexity index is 723. The number of hydrogen-bond acceptors (Lipinski definition) is 5. The van der Waals surface area contributed by atoms with E-state index in [1.165, 1.54) is 19.4 Å². The summed E-state index contributed by atoms with van der Waals surface area (Å²) in [5, 5.41) is 11.7. The molecule has 1 aromatic heterocycles. The van der Waals surface area contributed by atoms with Crippen LogP contribution >= 0.6 is 0 Å². The number of nitrogens with zero attached hydrogens (tertiary/aromatic N) is 2. The van der Waals surface area contributed by atoms with Crippen LogP contribution in [0.4, 0.5) is 10.5 Å². The second-order valence-electron chi connectivity index (χ2n) is 4.38. The molecule has 0 aliphatic carbocycles. The SMILES string of the molecule is COC(=O)Nc1cccc(C(=O)[C@@H](C#N)c2ccccn2)c1. The van der Waals surface area contributed by atoms with Gasteiger partial charge in [0.05, 0.1) is 18.9 Å². The molecule has 1 N–H and O–H groups in total. The average molecular weight is 295 g/mol. The number of methoxy groups -OCH3 is 1. The molecule has 1 atom stereocenters. The van der Waals surface area contributed by atoms with Crippen LogP contribution < -0.4 is 5.32 Å².